The van der Waals surface area contributed by atoms with Gasteiger partial charge in [0.15, 0.2) is 0 Å². The molecule has 1 fully saturated rings. The van der Waals surface area contributed by atoms with E-state index in [0.29, 0.717) is 0 Å². The van der Waals surface area contributed by atoms with Crippen LogP contribution in [-0.4, -0.2) is 5.54 Å². The fraction of sp³-hybridized carbons (Fsp3) is 0.278. The topological polar surface area (TPSA) is 3.24 Å². The number of fused-ring (bicyclic) bond motifs is 5. The van der Waals surface area contributed by atoms with Crippen molar-refractivity contribution in [2.24, 2.45) is 0 Å². The van der Waals surface area contributed by atoms with Crippen molar-refractivity contribution in [1.29, 1.82) is 0 Å². The summed E-state index contributed by atoms with van der Waals surface area (Å²) in [5.41, 5.74) is 10.1. The Bertz CT molecular complexity index is 1630. The Morgan fingerprint density at radius 2 is 1.24 bits per heavy atom. The molecule has 5 aromatic carbocycles. The highest BCUT2D eigenvalue weighted by Crippen LogP contribution is 2.62. The molecule has 0 N–H and O–H groups in total. The van der Waals surface area contributed by atoms with Crippen LogP contribution in [0.5, 0.6) is 0 Å². The van der Waals surface area contributed by atoms with Crippen LogP contribution in [0.15, 0.2) is 91.0 Å². The number of nitrogens with zero attached hydrogens (tertiary/aromatic N) is 1. The minimum Gasteiger partial charge on any atom is -0.334 e. The van der Waals surface area contributed by atoms with Gasteiger partial charge in [-0.05, 0) is 107 Å². The molecule has 7 rings (SSSR count). The normalized spacial score (nSPS) is 22.9. The Kier molecular flexibility index (Phi) is 4.86. The molecular weight excluding hydrogens is 446 g/mol. The van der Waals surface area contributed by atoms with Gasteiger partial charge in [0.1, 0.15) is 0 Å². The smallest absolute Gasteiger partial charge is 0.0518 e. The lowest BCUT2D eigenvalue weighted by molar-refractivity contribution is 0.195. The SMILES string of the molecule is Cc1c(-c2c3ccccc3cc3ccccc23)cc2c(c1C)N(c1ccccc1)C1(C)CCCCC21C. The molecule has 1 nitrogen and oxygen atoms in total. The van der Waals surface area contributed by atoms with Gasteiger partial charge in [0, 0.05) is 16.8 Å². The van der Waals surface area contributed by atoms with Crippen molar-refractivity contribution in [3.63, 3.8) is 0 Å². The zero-order chi connectivity index (χ0) is 25.4. The fourth-order valence-corrected chi connectivity index (χ4v) is 7.69. The number of para-hydroxylation sites is 1. The molecule has 2 aliphatic rings. The molecule has 0 radical (unpaired) electrons. The zero-order valence-electron chi connectivity index (χ0n) is 22.4. The molecule has 1 heterocycles. The summed E-state index contributed by atoms with van der Waals surface area (Å²) in [4.78, 5) is 2.72. The first-order chi connectivity index (χ1) is 17.9. The van der Waals surface area contributed by atoms with E-state index in [4.69, 9.17) is 0 Å². The summed E-state index contributed by atoms with van der Waals surface area (Å²) in [5.74, 6) is 0. The molecule has 1 aliphatic carbocycles. The van der Waals surface area contributed by atoms with Crippen LogP contribution < -0.4 is 4.90 Å². The van der Waals surface area contributed by atoms with Gasteiger partial charge in [-0.2, -0.15) is 0 Å². The number of anilines is 2. The summed E-state index contributed by atoms with van der Waals surface area (Å²) in [6.07, 6.45) is 5.05. The number of rotatable bonds is 2. The minimum atomic E-state index is 0.0611. The standard InChI is InChI=1S/C36H35N/c1-24-25(2)34-32(35(3)20-12-13-21-36(35,4)37(34)28-16-6-5-7-17-28)23-31(24)33-29-18-10-8-14-26(29)22-27-15-9-11-19-30(27)33/h5-11,14-19,22-23H,12-13,20-21H2,1-4H3. The maximum absolute atomic E-state index is 2.72. The first kappa shape index (κ1) is 22.6. The largest absolute Gasteiger partial charge is 0.334 e. The van der Waals surface area contributed by atoms with E-state index in [0.717, 1.165) is 0 Å². The summed E-state index contributed by atoms with van der Waals surface area (Å²) in [7, 11) is 0. The summed E-state index contributed by atoms with van der Waals surface area (Å²) in [6.45, 7) is 9.79. The Morgan fingerprint density at radius 3 is 1.92 bits per heavy atom. The predicted molar refractivity (Wildman–Crippen MR) is 159 cm³/mol. The third kappa shape index (κ3) is 2.98. The molecule has 1 saturated carbocycles. The van der Waals surface area contributed by atoms with Crippen LogP contribution in [0.4, 0.5) is 11.4 Å². The molecule has 184 valence electrons. The average Bonchev–Trinajstić information content (AvgIpc) is 3.13. The van der Waals surface area contributed by atoms with Crippen molar-refractivity contribution in [2.45, 2.75) is 64.3 Å². The summed E-state index contributed by atoms with van der Waals surface area (Å²) < 4.78 is 0. The molecule has 5 aromatic rings. The second-order valence-corrected chi connectivity index (χ2v) is 11.7. The molecule has 1 aliphatic heterocycles. The lowest BCUT2D eigenvalue weighted by atomic mass is 9.61. The third-order valence-electron chi connectivity index (χ3n) is 10.0. The van der Waals surface area contributed by atoms with E-state index < -0.39 is 0 Å². The second-order valence-electron chi connectivity index (χ2n) is 11.7. The molecule has 37 heavy (non-hydrogen) atoms. The van der Waals surface area contributed by atoms with Gasteiger partial charge in [0.2, 0.25) is 0 Å². The molecule has 0 bridgehead atoms. The van der Waals surface area contributed by atoms with Crippen LogP contribution in [-0.2, 0) is 5.41 Å². The van der Waals surface area contributed by atoms with Crippen LogP contribution >= 0.6 is 0 Å². The number of benzene rings is 5. The van der Waals surface area contributed by atoms with Crippen LogP contribution in [0, 0.1) is 13.8 Å². The van der Waals surface area contributed by atoms with E-state index in [9.17, 15) is 0 Å². The lowest BCUT2D eigenvalue weighted by Crippen LogP contribution is -2.54. The molecular formula is C36H35N. The maximum atomic E-state index is 2.72. The molecule has 0 spiro atoms. The summed E-state index contributed by atoms with van der Waals surface area (Å²) in [5, 5.41) is 5.32. The molecule has 0 amide bonds. The first-order valence-corrected chi connectivity index (χ1v) is 13.8. The van der Waals surface area contributed by atoms with E-state index in [1.54, 1.807) is 0 Å². The highest BCUT2D eigenvalue weighted by molar-refractivity contribution is 6.13. The molecule has 0 saturated heterocycles. The summed E-state index contributed by atoms with van der Waals surface area (Å²) in [6, 6.07) is 33.9. The second kappa shape index (κ2) is 7.96. The van der Waals surface area contributed by atoms with Crippen LogP contribution in [0.25, 0.3) is 32.7 Å². The van der Waals surface area contributed by atoms with Crippen molar-refractivity contribution in [2.75, 3.05) is 4.90 Å². The molecule has 0 aromatic heterocycles. The van der Waals surface area contributed by atoms with E-state index in [2.05, 4.69) is 124 Å². The van der Waals surface area contributed by atoms with Crippen LogP contribution in [0.2, 0.25) is 0 Å². The van der Waals surface area contributed by atoms with E-state index >= 15 is 0 Å². The van der Waals surface area contributed by atoms with Crippen molar-refractivity contribution < 1.29 is 0 Å². The predicted octanol–water partition coefficient (Wildman–Crippen LogP) is 10.0. The van der Waals surface area contributed by atoms with Gasteiger partial charge in [0.05, 0.1) is 5.54 Å². The average molecular weight is 482 g/mol. The third-order valence-corrected chi connectivity index (χ3v) is 10.0. The van der Waals surface area contributed by atoms with Gasteiger partial charge in [0.25, 0.3) is 0 Å². The maximum Gasteiger partial charge on any atom is 0.0518 e. The monoisotopic (exact) mass is 481 g/mol. The van der Waals surface area contributed by atoms with Gasteiger partial charge in [-0.1, -0.05) is 86.5 Å². The molecule has 1 heteroatoms. The van der Waals surface area contributed by atoms with Gasteiger partial charge in [-0.3, -0.25) is 0 Å². The highest BCUT2D eigenvalue weighted by atomic mass is 15.3. The Hall–Kier alpha value is -3.58. The van der Waals surface area contributed by atoms with Gasteiger partial charge < -0.3 is 4.90 Å². The van der Waals surface area contributed by atoms with Crippen molar-refractivity contribution in [1.82, 2.24) is 0 Å². The van der Waals surface area contributed by atoms with Gasteiger partial charge >= 0.3 is 0 Å². The Balaban J connectivity index is 1.59. The lowest BCUT2D eigenvalue weighted by Gasteiger charge is -2.50. The number of hydrogen-bond donors (Lipinski definition) is 0. The Morgan fingerprint density at radius 1 is 0.649 bits per heavy atom. The first-order valence-electron chi connectivity index (χ1n) is 13.8. The van der Waals surface area contributed by atoms with Crippen molar-refractivity contribution >= 4 is 32.9 Å². The quantitative estimate of drug-likeness (QED) is 0.227. The van der Waals surface area contributed by atoms with Crippen molar-refractivity contribution in [3.05, 3.63) is 108 Å². The van der Waals surface area contributed by atoms with Crippen LogP contribution in [0.3, 0.4) is 0 Å². The molecule has 2 unspecified atom stereocenters. The number of hydrogen-bond acceptors (Lipinski definition) is 1. The van der Waals surface area contributed by atoms with Gasteiger partial charge in [-0.15, -0.1) is 0 Å². The zero-order valence-corrected chi connectivity index (χ0v) is 22.4. The minimum absolute atomic E-state index is 0.0611. The van der Waals surface area contributed by atoms with Crippen molar-refractivity contribution in [3.8, 4) is 11.1 Å². The van der Waals surface area contributed by atoms with E-state index in [1.165, 1.54) is 86.4 Å². The van der Waals surface area contributed by atoms with E-state index in [1.807, 2.05) is 0 Å². The van der Waals surface area contributed by atoms with Gasteiger partial charge in [-0.25, -0.2) is 0 Å². The molecule has 2 atom stereocenters. The fourth-order valence-electron chi connectivity index (χ4n) is 7.69. The Labute approximate surface area is 220 Å². The van der Waals surface area contributed by atoms with Crippen LogP contribution in [0.1, 0.15) is 56.2 Å². The summed E-state index contributed by atoms with van der Waals surface area (Å²) >= 11 is 0. The van der Waals surface area contributed by atoms with E-state index in [-0.39, 0.29) is 11.0 Å². The highest BCUT2D eigenvalue weighted by Gasteiger charge is 2.58.